The molecule has 0 bridgehead atoms. The molecule has 0 aliphatic rings. The second kappa shape index (κ2) is 8.13. The van der Waals surface area contributed by atoms with Crippen LogP contribution < -0.4 is 5.32 Å². The normalized spacial score (nSPS) is 13.6. The van der Waals surface area contributed by atoms with Gasteiger partial charge in [-0.2, -0.15) is 0 Å². The molecule has 124 valence electrons. The molecule has 2 rings (SSSR count). The molecule has 1 heterocycles. The number of aliphatic hydroxyl groups is 1. The van der Waals surface area contributed by atoms with Gasteiger partial charge in [0.25, 0.3) is 0 Å². The zero-order chi connectivity index (χ0) is 16.8. The Hall–Kier alpha value is -1.85. The van der Waals surface area contributed by atoms with Crippen LogP contribution >= 0.6 is 11.6 Å². The molecule has 2 aromatic rings. The summed E-state index contributed by atoms with van der Waals surface area (Å²) in [5.74, 6) is 1.02. The molecule has 0 aliphatic heterocycles. The van der Waals surface area contributed by atoms with Crippen LogP contribution in [0.5, 0.6) is 0 Å². The van der Waals surface area contributed by atoms with Crippen LogP contribution in [0.4, 0.5) is 0 Å². The number of nitrogens with one attached hydrogen (secondary N) is 1. The van der Waals surface area contributed by atoms with Crippen molar-refractivity contribution in [2.45, 2.75) is 32.7 Å². The van der Waals surface area contributed by atoms with Crippen molar-refractivity contribution in [3.05, 3.63) is 41.4 Å². The van der Waals surface area contributed by atoms with E-state index in [1.165, 1.54) is 0 Å². The maximum absolute atomic E-state index is 11.9. The average Bonchev–Trinajstić information content (AvgIpc) is 3.01. The number of nitrogens with zero attached hydrogens (tertiary/aromatic N) is 1. The standard InChI is InChI=1S/C17H21ClN2O3/c1-11(10-21)12(2)20-16(22)7-8-17-19-9-15(23-17)13-5-3-4-6-14(13)18/h3-6,9,11-12,21H,7-8,10H2,1-2H3,(H,20,22). The SMILES string of the molecule is CC(CO)C(C)NC(=O)CCc1ncc(-c2ccccc2Cl)o1. The topological polar surface area (TPSA) is 75.4 Å². The molecule has 6 heteroatoms. The number of rotatable bonds is 7. The summed E-state index contributed by atoms with van der Waals surface area (Å²) in [6, 6.07) is 7.30. The van der Waals surface area contributed by atoms with Crippen molar-refractivity contribution in [1.29, 1.82) is 0 Å². The molecule has 2 atom stereocenters. The van der Waals surface area contributed by atoms with Crippen LogP contribution in [0.15, 0.2) is 34.9 Å². The molecule has 2 N–H and O–H groups in total. The minimum Gasteiger partial charge on any atom is -0.441 e. The summed E-state index contributed by atoms with van der Waals surface area (Å²) in [6.07, 6.45) is 2.31. The van der Waals surface area contributed by atoms with Crippen molar-refractivity contribution in [3.63, 3.8) is 0 Å². The summed E-state index contributed by atoms with van der Waals surface area (Å²) in [4.78, 5) is 16.1. The van der Waals surface area contributed by atoms with Gasteiger partial charge in [-0.15, -0.1) is 0 Å². The Balaban J connectivity index is 1.90. The summed E-state index contributed by atoms with van der Waals surface area (Å²) >= 11 is 6.12. The van der Waals surface area contributed by atoms with Gasteiger partial charge in [0.15, 0.2) is 11.7 Å². The quantitative estimate of drug-likeness (QED) is 0.814. The number of carbonyl (C=O) groups excluding carboxylic acids is 1. The molecular weight excluding hydrogens is 316 g/mol. The third kappa shape index (κ3) is 4.81. The first-order valence-corrected chi connectivity index (χ1v) is 7.99. The van der Waals surface area contributed by atoms with Crippen LogP contribution in [0.3, 0.4) is 0 Å². The Labute approximate surface area is 140 Å². The van der Waals surface area contributed by atoms with Crippen LogP contribution in [0.1, 0.15) is 26.2 Å². The van der Waals surface area contributed by atoms with Gasteiger partial charge in [-0.3, -0.25) is 4.79 Å². The Morgan fingerprint density at radius 3 is 2.83 bits per heavy atom. The lowest BCUT2D eigenvalue weighted by Crippen LogP contribution is -2.38. The van der Waals surface area contributed by atoms with Crippen LogP contribution in [0.25, 0.3) is 11.3 Å². The minimum absolute atomic E-state index is 0.0208. The largest absolute Gasteiger partial charge is 0.441 e. The van der Waals surface area contributed by atoms with Gasteiger partial charge in [0.05, 0.1) is 11.2 Å². The van der Waals surface area contributed by atoms with Gasteiger partial charge < -0.3 is 14.8 Å². The van der Waals surface area contributed by atoms with Crippen LogP contribution in [0.2, 0.25) is 5.02 Å². The molecule has 0 fully saturated rings. The number of aryl methyl sites for hydroxylation is 1. The zero-order valence-corrected chi connectivity index (χ0v) is 14.0. The van der Waals surface area contributed by atoms with E-state index in [-0.39, 0.29) is 30.9 Å². The molecule has 5 nitrogen and oxygen atoms in total. The third-order valence-corrected chi connectivity index (χ3v) is 4.12. The van der Waals surface area contributed by atoms with Gasteiger partial charge in [-0.25, -0.2) is 4.98 Å². The van der Waals surface area contributed by atoms with Crippen LogP contribution in [-0.4, -0.2) is 28.6 Å². The van der Waals surface area contributed by atoms with E-state index >= 15 is 0 Å². The molecule has 0 spiro atoms. The monoisotopic (exact) mass is 336 g/mol. The molecule has 2 unspecified atom stereocenters. The number of amides is 1. The van der Waals surface area contributed by atoms with E-state index in [4.69, 9.17) is 21.1 Å². The van der Waals surface area contributed by atoms with Gasteiger partial charge in [-0.1, -0.05) is 30.7 Å². The predicted molar refractivity (Wildman–Crippen MR) is 89.1 cm³/mol. The molecule has 0 saturated carbocycles. The first-order chi connectivity index (χ1) is 11.0. The Kier molecular flexibility index (Phi) is 6.19. The first kappa shape index (κ1) is 17.5. The summed E-state index contributed by atoms with van der Waals surface area (Å²) in [5, 5.41) is 12.5. The maximum atomic E-state index is 11.9. The second-order valence-corrected chi connectivity index (χ2v) is 6.02. The minimum atomic E-state index is -0.0877. The van der Waals surface area contributed by atoms with E-state index in [1.54, 1.807) is 12.3 Å². The number of hydrogen-bond acceptors (Lipinski definition) is 4. The molecular formula is C17H21ClN2O3. The second-order valence-electron chi connectivity index (χ2n) is 5.61. The van der Waals surface area contributed by atoms with Crippen molar-refractivity contribution in [1.82, 2.24) is 10.3 Å². The molecule has 1 aromatic carbocycles. The summed E-state index contributed by atoms with van der Waals surface area (Å²) in [7, 11) is 0. The number of carbonyl (C=O) groups is 1. The van der Waals surface area contributed by atoms with E-state index in [2.05, 4.69) is 10.3 Å². The summed E-state index contributed by atoms with van der Waals surface area (Å²) in [5.41, 5.74) is 0.780. The summed E-state index contributed by atoms with van der Waals surface area (Å²) < 4.78 is 5.66. The van der Waals surface area contributed by atoms with E-state index in [1.807, 2.05) is 32.0 Å². The highest BCUT2D eigenvalue weighted by Gasteiger charge is 2.15. The number of aliphatic hydroxyl groups excluding tert-OH is 1. The van der Waals surface area contributed by atoms with E-state index < -0.39 is 0 Å². The molecule has 1 amide bonds. The van der Waals surface area contributed by atoms with Crippen molar-refractivity contribution in [2.75, 3.05) is 6.61 Å². The fourth-order valence-electron chi connectivity index (χ4n) is 2.06. The van der Waals surface area contributed by atoms with Crippen LogP contribution in [0, 0.1) is 5.92 Å². The Morgan fingerprint density at radius 2 is 2.13 bits per heavy atom. The number of hydrogen-bond donors (Lipinski definition) is 2. The lowest BCUT2D eigenvalue weighted by Gasteiger charge is -2.18. The maximum Gasteiger partial charge on any atom is 0.220 e. The predicted octanol–water partition coefficient (Wildman–Crippen LogP) is 3.06. The highest BCUT2D eigenvalue weighted by atomic mass is 35.5. The number of aromatic nitrogens is 1. The average molecular weight is 337 g/mol. The third-order valence-electron chi connectivity index (χ3n) is 3.79. The lowest BCUT2D eigenvalue weighted by molar-refractivity contribution is -0.122. The van der Waals surface area contributed by atoms with E-state index in [0.717, 1.165) is 5.56 Å². The number of benzene rings is 1. The van der Waals surface area contributed by atoms with E-state index in [0.29, 0.717) is 23.1 Å². The van der Waals surface area contributed by atoms with Crippen LogP contribution in [-0.2, 0) is 11.2 Å². The van der Waals surface area contributed by atoms with Crippen molar-refractivity contribution >= 4 is 17.5 Å². The van der Waals surface area contributed by atoms with E-state index in [9.17, 15) is 4.79 Å². The van der Waals surface area contributed by atoms with Crippen molar-refractivity contribution in [3.8, 4) is 11.3 Å². The molecule has 23 heavy (non-hydrogen) atoms. The smallest absolute Gasteiger partial charge is 0.220 e. The lowest BCUT2D eigenvalue weighted by atomic mass is 10.1. The molecule has 0 aliphatic carbocycles. The van der Waals surface area contributed by atoms with Gasteiger partial charge in [0, 0.05) is 31.1 Å². The molecule has 0 saturated heterocycles. The Bertz CT molecular complexity index is 657. The zero-order valence-electron chi connectivity index (χ0n) is 13.3. The number of halogens is 1. The molecule has 0 radical (unpaired) electrons. The highest BCUT2D eigenvalue weighted by molar-refractivity contribution is 6.33. The first-order valence-electron chi connectivity index (χ1n) is 7.61. The summed E-state index contributed by atoms with van der Waals surface area (Å²) in [6.45, 7) is 3.80. The van der Waals surface area contributed by atoms with Gasteiger partial charge in [-0.05, 0) is 25.0 Å². The highest BCUT2D eigenvalue weighted by Crippen LogP contribution is 2.28. The fourth-order valence-corrected chi connectivity index (χ4v) is 2.29. The fraction of sp³-hybridized carbons (Fsp3) is 0.412. The molecule has 1 aromatic heterocycles. The van der Waals surface area contributed by atoms with Gasteiger partial charge in [0.2, 0.25) is 5.91 Å². The van der Waals surface area contributed by atoms with Crippen molar-refractivity contribution in [2.24, 2.45) is 5.92 Å². The Morgan fingerprint density at radius 1 is 1.39 bits per heavy atom. The van der Waals surface area contributed by atoms with Gasteiger partial charge in [0.1, 0.15) is 0 Å². The van der Waals surface area contributed by atoms with Gasteiger partial charge >= 0.3 is 0 Å². The number of oxazole rings is 1. The van der Waals surface area contributed by atoms with Crippen molar-refractivity contribution < 1.29 is 14.3 Å².